The van der Waals surface area contributed by atoms with Crippen LogP contribution in [0.2, 0.25) is 5.02 Å². The van der Waals surface area contributed by atoms with Gasteiger partial charge in [-0.1, -0.05) is 41.1 Å². The van der Waals surface area contributed by atoms with Crippen molar-refractivity contribution in [1.82, 2.24) is 10.2 Å². The normalized spacial score (nSPS) is 18.4. The standard InChI is InChI=1S/C20H13ClFN3O3S/c1-10-23-24-20(29-10)25-16(13-4-2-3-5-14(13)22)15(18(27)19(25)28)17(26)11-6-8-12(21)9-7-11/h2-9,16,26H,1H3/b17-15+/t16-/m0/s1. The van der Waals surface area contributed by atoms with Gasteiger partial charge in [-0.25, -0.2) is 4.39 Å². The van der Waals surface area contributed by atoms with Crippen molar-refractivity contribution < 1.29 is 19.1 Å². The van der Waals surface area contributed by atoms with E-state index in [1.54, 1.807) is 25.1 Å². The smallest absolute Gasteiger partial charge is 0.301 e. The van der Waals surface area contributed by atoms with Crippen LogP contribution in [0.5, 0.6) is 0 Å². The minimum absolute atomic E-state index is 0.0649. The van der Waals surface area contributed by atoms with Gasteiger partial charge in [0.15, 0.2) is 0 Å². The van der Waals surface area contributed by atoms with Gasteiger partial charge in [0.25, 0.3) is 5.78 Å². The molecule has 1 saturated heterocycles. The van der Waals surface area contributed by atoms with Crippen LogP contribution in [-0.2, 0) is 9.59 Å². The number of carbonyl (C=O) groups excluding carboxylic acids is 2. The van der Waals surface area contributed by atoms with E-state index in [0.29, 0.717) is 10.0 Å². The zero-order chi connectivity index (χ0) is 20.7. The lowest BCUT2D eigenvalue weighted by molar-refractivity contribution is -0.132. The molecule has 0 unspecified atom stereocenters. The number of aromatic nitrogens is 2. The number of amides is 1. The van der Waals surface area contributed by atoms with E-state index in [4.69, 9.17) is 11.6 Å². The van der Waals surface area contributed by atoms with E-state index in [0.717, 1.165) is 16.2 Å². The van der Waals surface area contributed by atoms with Crippen LogP contribution in [0.4, 0.5) is 9.52 Å². The van der Waals surface area contributed by atoms with Crippen LogP contribution in [0, 0.1) is 12.7 Å². The van der Waals surface area contributed by atoms with E-state index < -0.39 is 29.3 Å². The topological polar surface area (TPSA) is 83.4 Å². The molecule has 2 aromatic carbocycles. The summed E-state index contributed by atoms with van der Waals surface area (Å²) < 4.78 is 14.7. The van der Waals surface area contributed by atoms with Crippen LogP contribution >= 0.6 is 22.9 Å². The van der Waals surface area contributed by atoms with Gasteiger partial charge in [0.2, 0.25) is 5.13 Å². The second kappa shape index (κ2) is 7.38. The first-order valence-corrected chi connectivity index (χ1v) is 9.69. The number of aryl methyl sites for hydroxylation is 1. The van der Waals surface area contributed by atoms with Gasteiger partial charge in [-0.2, -0.15) is 0 Å². The van der Waals surface area contributed by atoms with Gasteiger partial charge in [-0.3, -0.25) is 14.5 Å². The number of ketones is 1. The van der Waals surface area contributed by atoms with Crippen molar-refractivity contribution in [3.05, 3.63) is 81.1 Å². The fraction of sp³-hybridized carbons (Fsp3) is 0.100. The summed E-state index contributed by atoms with van der Waals surface area (Å²) in [6, 6.07) is 10.7. The predicted molar refractivity (Wildman–Crippen MR) is 107 cm³/mol. The van der Waals surface area contributed by atoms with Gasteiger partial charge in [-0.05, 0) is 37.3 Å². The Morgan fingerprint density at radius 3 is 2.45 bits per heavy atom. The molecular weight excluding hydrogens is 417 g/mol. The van der Waals surface area contributed by atoms with Gasteiger partial charge >= 0.3 is 5.91 Å². The summed E-state index contributed by atoms with van der Waals surface area (Å²) in [5.74, 6) is -2.88. The number of hydrogen-bond donors (Lipinski definition) is 1. The molecule has 1 aliphatic heterocycles. The Kier molecular flexibility index (Phi) is 4.89. The number of nitrogens with zero attached hydrogens (tertiary/aromatic N) is 3. The van der Waals surface area contributed by atoms with E-state index in [-0.39, 0.29) is 21.8 Å². The SMILES string of the molecule is Cc1nnc(N2C(=O)C(=O)/C(=C(/O)c3ccc(Cl)cc3)[C@@H]2c2ccccc2F)s1. The average Bonchev–Trinajstić information content (AvgIpc) is 3.23. The molecule has 3 aromatic rings. The minimum atomic E-state index is -1.18. The molecule has 4 rings (SSSR count). The zero-order valence-corrected chi connectivity index (χ0v) is 16.5. The lowest BCUT2D eigenvalue weighted by Crippen LogP contribution is -2.29. The second-order valence-corrected chi connectivity index (χ2v) is 7.90. The highest BCUT2D eigenvalue weighted by Gasteiger charge is 2.49. The molecule has 146 valence electrons. The lowest BCUT2D eigenvalue weighted by atomic mass is 9.95. The van der Waals surface area contributed by atoms with Crippen molar-refractivity contribution in [2.75, 3.05) is 4.90 Å². The maximum Gasteiger partial charge on any atom is 0.301 e. The summed E-state index contributed by atoms with van der Waals surface area (Å²) in [5.41, 5.74) is 0.118. The molecule has 0 spiro atoms. The molecule has 0 aliphatic carbocycles. The molecule has 0 radical (unpaired) electrons. The monoisotopic (exact) mass is 429 g/mol. The number of anilines is 1. The molecule has 29 heavy (non-hydrogen) atoms. The second-order valence-electron chi connectivity index (χ2n) is 6.30. The van der Waals surface area contributed by atoms with Gasteiger partial charge in [-0.15, -0.1) is 10.2 Å². The molecule has 6 nitrogen and oxygen atoms in total. The maximum atomic E-state index is 14.7. The van der Waals surface area contributed by atoms with Crippen LogP contribution in [0.1, 0.15) is 22.2 Å². The van der Waals surface area contributed by atoms with Crippen molar-refractivity contribution in [3.63, 3.8) is 0 Å². The Bertz CT molecular complexity index is 1160. The van der Waals surface area contributed by atoms with Gasteiger partial charge < -0.3 is 5.11 Å². The third-order valence-electron chi connectivity index (χ3n) is 4.48. The van der Waals surface area contributed by atoms with E-state index in [1.165, 1.54) is 30.3 Å². The van der Waals surface area contributed by atoms with E-state index in [9.17, 15) is 19.1 Å². The number of benzene rings is 2. The highest BCUT2D eigenvalue weighted by molar-refractivity contribution is 7.15. The van der Waals surface area contributed by atoms with Crippen molar-refractivity contribution in [3.8, 4) is 0 Å². The fourth-order valence-electron chi connectivity index (χ4n) is 3.17. The largest absolute Gasteiger partial charge is 0.507 e. The average molecular weight is 430 g/mol. The summed E-state index contributed by atoms with van der Waals surface area (Å²) in [4.78, 5) is 26.8. The van der Waals surface area contributed by atoms with Gasteiger partial charge in [0.1, 0.15) is 22.6 Å². The van der Waals surface area contributed by atoms with E-state index in [1.807, 2.05) is 0 Å². The Labute approximate surface area is 173 Å². The summed E-state index contributed by atoms with van der Waals surface area (Å²) in [6.45, 7) is 1.70. The molecule has 0 bridgehead atoms. The quantitative estimate of drug-likeness (QED) is 0.382. The van der Waals surface area contributed by atoms with Crippen LogP contribution in [0.25, 0.3) is 5.76 Å². The third kappa shape index (κ3) is 3.30. The molecule has 0 saturated carbocycles. The third-order valence-corrected chi connectivity index (χ3v) is 5.57. The molecule has 1 amide bonds. The predicted octanol–water partition coefficient (Wildman–Crippen LogP) is 4.27. The molecule has 1 N–H and O–H groups in total. The number of aliphatic hydroxyl groups excluding tert-OH is 1. The molecule has 1 atom stereocenters. The Hall–Kier alpha value is -3.10. The maximum absolute atomic E-state index is 14.7. The fourth-order valence-corrected chi connectivity index (χ4v) is 4.01. The van der Waals surface area contributed by atoms with Gasteiger partial charge in [0.05, 0.1) is 5.57 Å². The first-order chi connectivity index (χ1) is 13.9. The van der Waals surface area contributed by atoms with E-state index in [2.05, 4.69) is 10.2 Å². The highest BCUT2D eigenvalue weighted by atomic mass is 35.5. The van der Waals surface area contributed by atoms with E-state index >= 15 is 0 Å². The summed E-state index contributed by atoms with van der Waals surface area (Å²) >= 11 is 6.98. The first-order valence-electron chi connectivity index (χ1n) is 8.50. The zero-order valence-electron chi connectivity index (χ0n) is 15.0. The molecule has 1 aliphatic rings. The molecule has 1 aromatic heterocycles. The van der Waals surface area contributed by atoms with Crippen LogP contribution in [0.15, 0.2) is 54.1 Å². The number of carbonyl (C=O) groups is 2. The highest BCUT2D eigenvalue weighted by Crippen LogP contribution is 2.43. The van der Waals surface area contributed by atoms with Crippen LogP contribution in [-0.4, -0.2) is 27.0 Å². The van der Waals surface area contributed by atoms with Crippen LogP contribution < -0.4 is 4.90 Å². The lowest BCUT2D eigenvalue weighted by Gasteiger charge is -2.22. The summed E-state index contributed by atoms with van der Waals surface area (Å²) in [7, 11) is 0. The van der Waals surface area contributed by atoms with Crippen LogP contribution in [0.3, 0.4) is 0 Å². The minimum Gasteiger partial charge on any atom is -0.507 e. The van der Waals surface area contributed by atoms with Crippen molar-refractivity contribution in [1.29, 1.82) is 0 Å². The first kappa shape index (κ1) is 19.2. The molecule has 2 heterocycles. The Balaban J connectivity index is 1.97. The summed E-state index contributed by atoms with van der Waals surface area (Å²) in [6.07, 6.45) is 0. The number of hydrogen-bond acceptors (Lipinski definition) is 6. The number of Topliss-reactive ketones (excluding diaryl/α,β-unsaturated/α-hetero) is 1. The Morgan fingerprint density at radius 1 is 1.14 bits per heavy atom. The number of halogens is 2. The van der Waals surface area contributed by atoms with Crippen molar-refractivity contribution in [2.24, 2.45) is 0 Å². The summed E-state index contributed by atoms with van der Waals surface area (Å²) in [5, 5.41) is 19.9. The van der Waals surface area contributed by atoms with Gasteiger partial charge in [0, 0.05) is 16.1 Å². The Morgan fingerprint density at radius 2 is 1.83 bits per heavy atom. The molecular formula is C20H13ClFN3O3S. The van der Waals surface area contributed by atoms with Crippen molar-refractivity contribution in [2.45, 2.75) is 13.0 Å². The molecule has 9 heteroatoms. The number of aliphatic hydroxyl groups is 1. The van der Waals surface area contributed by atoms with Crippen molar-refractivity contribution >= 4 is 45.5 Å². The number of rotatable bonds is 3. The molecule has 1 fully saturated rings.